The fourth-order valence-electron chi connectivity index (χ4n) is 2.00. The molecule has 0 bridgehead atoms. The Hall–Kier alpha value is -1.83. The lowest BCUT2D eigenvalue weighted by atomic mass is 9.92. The Kier molecular flexibility index (Phi) is 3.43. The lowest BCUT2D eigenvalue weighted by Crippen LogP contribution is -2.09. The van der Waals surface area contributed by atoms with Gasteiger partial charge in [-0.1, -0.05) is 42.0 Å². The highest BCUT2D eigenvalue weighted by molar-refractivity contribution is 6.00. The average Bonchev–Trinajstić information content (AvgIpc) is 2.39. The van der Waals surface area contributed by atoms with E-state index in [2.05, 4.69) is 25.1 Å². The molecular formula is C15H16O2. The number of esters is 1. The van der Waals surface area contributed by atoms with Crippen LogP contribution in [0.25, 0.3) is 5.57 Å². The standard InChI is InChI=1S/C15H16O2/c1-11-7-9-12(10-8-11)13-5-3-4-6-14(13)15(16)17-2/h3,5,7-10H,4,6H2,1-2H3. The molecule has 0 aromatic heterocycles. The average molecular weight is 228 g/mol. The van der Waals surface area contributed by atoms with Crippen LogP contribution in [0.4, 0.5) is 0 Å². The minimum Gasteiger partial charge on any atom is -0.466 e. The Morgan fingerprint density at radius 3 is 2.59 bits per heavy atom. The van der Waals surface area contributed by atoms with E-state index in [1.807, 2.05) is 18.2 Å². The molecule has 2 heteroatoms. The normalized spacial score (nSPS) is 14.9. The summed E-state index contributed by atoms with van der Waals surface area (Å²) in [4.78, 5) is 11.7. The summed E-state index contributed by atoms with van der Waals surface area (Å²) >= 11 is 0. The van der Waals surface area contributed by atoms with E-state index in [9.17, 15) is 4.79 Å². The molecule has 0 amide bonds. The fraction of sp³-hybridized carbons (Fsp3) is 0.267. The van der Waals surface area contributed by atoms with Crippen molar-refractivity contribution in [2.75, 3.05) is 7.11 Å². The number of aryl methyl sites for hydroxylation is 1. The molecule has 1 aliphatic rings. The first-order chi connectivity index (χ1) is 8.22. The third-order valence-electron chi connectivity index (χ3n) is 2.97. The predicted molar refractivity (Wildman–Crippen MR) is 68.5 cm³/mol. The molecule has 17 heavy (non-hydrogen) atoms. The minimum absolute atomic E-state index is 0.218. The highest BCUT2D eigenvalue weighted by Crippen LogP contribution is 2.28. The fourth-order valence-corrected chi connectivity index (χ4v) is 2.00. The molecule has 0 atom stereocenters. The van der Waals surface area contributed by atoms with Gasteiger partial charge in [0.2, 0.25) is 0 Å². The van der Waals surface area contributed by atoms with Crippen molar-refractivity contribution < 1.29 is 9.53 Å². The predicted octanol–water partition coefficient (Wildman–Crippen LogP) is 3.27. The van der Waals surface area contributed by atoms with Crippen LogP contribution >= 0.6 is 0 Å². The summed E-state index contributed by atoms with van der Waals surface area (Å²) in [5.74, 6) is -0.218. The molecule has 1 aromatic rings. The van der Waals surface area contributed by atoms with Crippen molar-refractivity contribution in [1.82, 2.24) is 0 Å². The van der Waals surface area contributed by atoms with Crippen molar-refractivity contribution in [1.29, 1.82) is 0 Å². The van der Waals surface area contributed by atoms with E-state index in [1.54, 1.807) is 0 Å². The molecule has 1 aliphatic carbocycles. The molecule has 2 rings (SSSR count). The maximum Gasteiger partial charge on any atom is 0.334 e. The highest BCUT2D eigenvalue weighted by atomic mass is 16.5. The molecule has 0 radical (unpaired) electrons. The smallest absolute Gasteiger partial charge is 0.334 e. The van der Waals surface area contributed by atoms with Crippen LogP contribution in [0.2, 0.25) is 0 Å². The number of allylic oxidation sites excluding steroid dienone is 3. The molecule has 88 valence electrons. The van der Waals surface area contributed by atoms with Gasteiger partial charge in [-0.15, -0.1) is 0 Å². The first kappa shape index (κ1) is 11.6. The van der Waals surface area contributed by atoms with Gasteiger partial charge in [0.1, 0.15) is 0 Å². The molecule has 0 heterocycles. The Morgan fingerprint density at radius 1 is 1.24 bits per heavy atom. The molecule has 1 aromatic carbocycles. The van der Waals surface area contributed by atoms with E-state index in [0.29, 0.717) is 0 Å². The SMILES string of the molecule is COC(=O)C1=C(c2ccc(C)cc2)C=CCC1. The van der Waals surface area contributed by atoms with Gasteiger partial charge in [-0.3, -0.25) is 0 Å². The Morgan fingerprint density at radius 2 is 1.94 bits per heavy atom. The first-order valence-electron chi connectivity index (χ1n) is 5.77. The van der Waals surface area contributed by atoms with Gasteiger partial charge in [-0.25, -0.2) is 4.79 Å². The van der Waals surface area contributed by atoms with Gasteiger partial charge >= 0.3 is 5.97 Å². The lowest BCUT2D eigenvalue weighted by Gasteiger charge is -2.14. The Labute approximate surface area is 102 Å². The second-order valence-electron chi connectivity index (χ2n) is 4.19. The zero-order chi connectivity index (χ0) is 12.3. The monoisotopic (exact) mass is 228 g/mol. The highest BCUT2D eigenvalue weighted by Gasteiger charge is 2.17. The first-order valence-corrected chi connectivity index (χ1v) is 5.77. The molecule has 0 saturated heterocycles. The van der Waals surface area contributed by atoms with Crippen LogP contribution in [0, 0.1) is 6.92 Å². The molecular weight excluding hydrogens is 212 g/mol. The van der Waals surface area contributed by atoms with Crippen molar-refractivity contribution in [3.63, 3.8) is 0 Å². The molecule has 0 N–H and O–H groups in total. The number of ether oxygens (including phenoxy) is 1. The van der Waals surface area contributed by atoms with Crippen LogP contribution in [0.15, 0.2) is 42.0 Å². The van der Waals surface area contributed by atoms with Gasteiger partial charge < -0.3 is 4.74 Å². The van der Waals surface area contributed by atoms with Crippen molar-refractivity contribution >= 4 is 11.5 Å². The summed E-state index contributed by atoms with van der Waals surface area (Å²) in [6.45, 7) is 2.05. The quantitative estimate of drug-likeness (QED) is 0.726. The number of hydrogen-bond acceptors (Lipinski definition) is 2. The Bertz CT molecular complexity index is 478. The van der Waals surface area contributed by atoms with Crippen LogP contribution in [0.1, 0.15) is 24.0 Å². The van der Waals surface area contributed by atoms with Crippen LogP contribution < -0.4 is 0 Å². The maximum absolute atomic E-state index is 11.7. The number of rotatable bonds is 2. The number of benzene rings is 1. The van der Waals surface area contributed by atoms with Crippen LogP contribution in [0.5, 0.6) is 0 Å². The lowest BCUT2D eigenvalue weighted by molar-refractivity contribution is -0.136. The largest absolute Gasteiger partial charge is 0.466 e. The van der Waals surface area contributed by atoms with Gasteiger partial charge in [-0.05, 0) is 30.9 Å². The molecule has 0 fully saturated rings. The number of methoxy groups -OCH3 is 1. The van der Waals surface area contributed by atoms with Gasteiger partial charge in [0.05, 0.1) is 7.11 Å². The molecule has 0 unspecified atom stereocenters. The molecule has 0 aliphatic heterocycles. The van der Waals surface area contributed by atoms with E-state index < -0.39 is 0 Å². The van der Waals surface area contributed by atoms with Crippen LogP contribution in [-0.4, -0.2) is 13.1 Å². The summed E-state index contributed by atoms with van der Waals surface area (Å²) < 4.78 is 4.83. The van der Waals surface area contributed by atoms with E-state index in [0.717, 1.165) is 29.6 Å². The van der Waals surface area contributed by atoms with Gasteiger partial charge in [-0.2, -0.15) is 0 Å². The summed E-state index contributed by atoms with van der Waals surface area (Å²) in [5.41, 5.74) is 4.06. The van der Waals surface area contributed by atoms with Gasteiger partial charge in [0.15, 0.2) is 0 Å². The van der Waals surface area contributed by atoms with E-state index >= 15 is 0 Å². The van der Waals surface area contributed by atoms with E-state index in [1.165, 1.54) is 12.7 Å². The summed E-state index contributed by atoms with van der Waals surface area (Å²) in [7, 11) is 1.43. The summed E-state index contributed by atoms with van der Waals surface area (Å²) in [6, 6.07) is 8.20. The number of hydrogen-bond donors (Lipinski definition) is 0. The molecule has 2 nitrogen and oxygen atoms in total. The van der Waals surface area contributed by atoms with Crippen molar-refractivity contribution in [2.24, 2.45) is 0 Å². The second-order valence-corrected chi connectivity index (χ2v) is 4.19. The maximum atomic E-state index is 11.7. The Balaban J connectivity index is 2.45. The van der Waals surface area contributed by atoms with Crippen molar-refractivity contribution in [2.45, 2.75) is 19.8 Å². The third kappa shape index (κ3) is 2.47. The van der Waals surface area contributed by atoms with Crippen molar-refractivity contribution in [3.8, 4) is 0 Å². The van der Waals surface area contributed by atoms with Gasteiger partial charge in [0, 0.05) is 5.57 Å². The van der Waals surface area contributed by atoms with Gasteiger partial charge in [0.25, 0.3) is 0 Å². The number of carbonyl (C=O) groups is 1. The van der Waals surface area contributed by atoms with Crippen LogP contribution in [-0.2, 0) is 9.53 Å². The molecule has 0 spiro atoms. The zero-order valence-electron chi connectivity index (χ0n) is 10.2. The third-order valence-corrected chi connectivity index (χ3v) is 2.97. The minimum atomic E-state index is -0.218. The summed E-state index contributed by atoms with van der Waals surface area (Å²) in [5, 5.41) is 0. The van der Waals surface area contributed by atoms with E-state index in [-0.39, 0.29) is 5.97 Å². The number of carbonyl (C=O) groups excluding carboxylic acids is 1. The van der Waals surface area contributed by atoms with Crippen LogP contribution in [0.3, 0.4) is 0 Å². The van der Waals surface area contributed by atoms with Crippen molar-refractivity contribution in [3.05, 3.63) is 53.1 Å². The van der Waals surface area contributed by atoms with E-state index in [4.69, 9.17) is 4.74 Å². The summed E-state index contributed by atoms with van der Waals surface area (Å²) in [6.07, 6.45) is 5.77. The second kappa shape index (κ2) is 5.00. The molecule has 0 saturated carbocycles. The zero-order valence-corrected chi connectivity index (χ0v) is 10.2. The topological polar surface area (TPSA) is 26.3 Å².